The summed E-state index contributed by atoms with van der Waals surface area (Å²) in [5.74, 6) is 0.829. The van der Waals surface area contributed by atoms with E-state index in [1.54, 1.807) is 0 Å². The van der Waals surface area contributed by atoms with Crippen molar-refractivity contribution in [3.63, 3.8) is 0 Å². The summed E-state index contributed by atoms with van der Waals surface area (Å²) < 4.78 is 0. The first kappa shape index (κ1) is 13.4. The Bertz CT molecular complexity index is 268. The number of likely N-dealkylation sites (tertiary alicyclic amines) is 1. The summed E-state index contributed by atoms with van der Waals surface area (Å²) in [6.07, 6.45) is 5.38. The van der Waals surface area contributed by atoms with Crippen LogP contribution in [-0.2, 0) is 0 Å². The molecule has 100 valence electrons. The van der Waals surface area contributed by atoms with Gasteiger partial charge in [-0.2, -0.15) is 0 Å². The molecule has 0 radical (unpaired) electrons. The van der Waals surface area contributed by atoms with Crippen molar-refractivity contribution in [3.8, 4) is 0 Å². The van der Waals surface area contributed by atoms with Crippen LogP contribution < -0.4 is 5.32 Å². The van der Waals surface area contributed by atoms with E-state index in [2.05, 4.69) is 44.8 Å². The van der Waals surface area contributed by atoms with E-state index in [0.29, 0.717) is 5.54 Å². The maximum absolute atomic E-state index is 3.87. The number of nitrogens with zero attached hydrogens (tertiary/aromatic N) is 1. The third-order valence-corrected chi connectivity index (χ3v) is 4.71. The van der Waals surface area contributed by atoms with Crippen LogP contribution in [0.1, 0.15) is 60.3 Å². The predicted octanol–water partition coefficient (Wildman–Crippen LogP) is 3.03. The van der Waals surface area contributed by atoms with Gasteiger partial charge >= 0.3 is 0 Å². The molecule has 0 aromatic rings. The van der Waals surface area contributed by atoms with Crippen molar-refractivity contribution in [2.45, 2.75) is 77.4 Å². The van der Waals surface area contributed by atoms with Gasteiger partial charge in [0.05, 0.1) is 0 Å². The quantitative estimate of drug-likeness (QED) is 0.795. The highest BCUT2D eigenvalue weighted by Crippen LogP contribution is 2.41. The average molecular weight is 238 g/mol. The van der Waals surface area contributed by atoms with Crippen LogP contribution in [0.5, 0.6) is 0 Å². The summed E-state index contributed by atoms with van der Waals surface area (Å²) in [6, 6.07) is 0.801. The third kappa shape index (κ3) is 2.68. The second-order valence-corrected chi connectivity index (χ2v) is 7.29. The highest BCUT2D eigenvalue weighted by atomic mass is 15.2. The van der Waals surface area contributed by atoms with Gasteiger partial charge in [-0.3, -0.25) is 4.90 Å². The van der Waals surface area contributed by atoms with Crippen LogP contribution in [0.25, 0.3) is 0 Å². The van der Waals surface area contributed by atoms with Gasteiger partial charge in [0.1, 0.15) is 0 Å². The van der Waals surface area contributed by atoms with E-state index < -0.39 is 0 Å². The second-order valence-electron chi connectivity index (χ2n) is 7.29. The molecule has 0 aromatic carbocycles. The summed E-state index contributed by atoms with van der Waals surface area (Å²) in [7, 11) is 0. The molecule has 2 saturated heterocycles. The first-order valence-electron chi connectivity index (χ1n) is 7.39. The molecule has 2 heterocycles. The second kappa shape index (κ2) is 4.55. The van der Waals surface area contributed by atoms with Crippen LogP contribution in [0.2, 0.25) is 0 Å². The van der Waals surface area contributed by atoms with Gasteiger partial charge in [-0.1, -0.05) is 6.92 Å². The standard InChI is InChI=1S/C15H30N2/c1-6-9-17-10-7-8-12-13(17)11-14(2,3)16-15(12,4)5/h12-13,16H,6-11H2,1-5H3. The number of rotatable bonds is 2. The Morgan fingerprint density at radius 2 is 1.94 bits per heavy atom. The molecule has 2 nitrogen and oxygen atoms in total. The minimum absolute atomic E-state index is 0.286. The molecule has 2 unspecified atom stereocenters. The van der Waals surface area contributed by atoms with E-state index in [0.717, 1.165) is 12.0 Å². The van der Waals surface area contributed by atoms with Crippen molar-refractivity contribution < 1.29 is 0 Å². The van der Waals surface area contributed by atoms with Gasteiger partial charge in [0, 0.05) is 17.1 Å². The molecule has 2 rings (SSSR count). The van der Waals surface area contributed by atoms with Crippen LogP contribution in [0.3, 0.4) is 0 Å². The molecule has 0 amide bonds. The highest BCUT2D eigenvalue weighted by Gasteiger charge is 2.48. The van der Waals surface area contributed by atoms with Crippen molar-refractivity contribution in [1.82, 2.24) is 10.2 Å². The molecule has 2 aliphatic heterocycles. The van der Waals surface area contributed by atoms with E-state index in [1.807, 2.05) is 0 Å². The smallest absolute Gasteiger partial charge is 0.0173 e. The molecule has 17 heavy (non-hydrogen) atoms. The number of nitrogens with one attached hydrogen (secondary N) is 1. The number of hydrogen-bond donors (Lipinski definition) is 1. The molecule has 2 heteroatoms. The van der Waals surface area contributed by atoms with E-state index in [4.69, 9.17) is 0 Å². The molecule has 2 fully saturated rings. The lowest BCUT2D eigenvalue weighted by Crippen LogP contribution is -2.68. The normalized spacial score (nSPS) is 36.5. The van der Waals surface area contributed by atoms with Gasteiger partial charge in [-0.15, -0.1) is 0 Å². The van der Waals surface area contributed by atoms with Gasteiger partial charge in [-0.05, 0) is 72.4 Å². The minimum Gasteiger partial charge on any atom is -0.306 e. The van der Waals surface area contributed by atoms with Gasteiger partial charge in [0.2, 0.25) is 0 Å². The van der Waals surface area contributed by atoms with Gasteiger partial charge in [0.15, 0.2) is 0 Å². The zero-order valence-electron chi connectivity index (χ0n) is 12.3. The van der Waals surface area contributed by atoms with E-state index in [1.165, 1.54) is 38.8 Å². The van der Waals surface area contributed by atoms with Crippen molar-refractivity contribution in [3.05, 3.63) is 0 Å². The zero-order chi connectivity index (χ0) is 12.7. The Morgan fingerprint density at radius 3 is 2.59 bits per heavy atom. The Hall–Kier alpha value is -0.0800. The zero-order valence-corrected chi connectivity index (χ0v) is 12.3. The lowest BCUT2D eigenvalue weighted by atomic mass is 9.67. The van der Waals surface area contributed by atoms with Crippen molar-refractivity contribution in [2.75, 3.05) is 13.1 Å². The Morgan fingerprint density at radius 1 is 1.24 bits per heavy atom. The fraction of sp³-hybridized carbons (Fsp3) is 1.00. The molecule has 0 aliphatic carbocycles. The van der Waals surface area contributed by atoms with E-state index in [9.17, 15) is 0 Å². The van der Waals surface area contributed by atoms with Gasteiger partial charge in [-0.25, -0.2) is 0 Å². The summed E-state index contributed by atoms with van der Waals surface area (Å²) in [5.41, 5.74) is 0.576. The Labute approximate surface area is 107 Å². The highest BCUT2D eigenvalue weighted by molar-refractivity contribution is 5.06. The summed E-state index contributed by atoms with van der Waals surface area (Å²) >= 11 is 0. The van der Waals surface area contributed by atoms with Gasteiger partial charge < -0.3 is 5.32 Å². The molecule has 0 bridgehead atoms. The largest absolute Gasteiger partial charge is 0.306 e. The Kier molecular flexibility index (Phi) is 3.57. The van der Waals surface area contributed by atoms with E-state index in [-0.39, 0.29) is 5.54 Å². The number of hydrogen-bond acceptors (Lipinski definition) is 2. The van der Waals surface area contributed by atoms with Crippen molar-refractivity contribution >= 4 is 0 Å². The van der Waals surface area contributed by atoms with E-state index >= 15 is 0 Å². The first-order valence-corrected chi connectivity index (χ1v) is 7.39. The molecule has 0 spiro atoms. The molecular weight excluding hydrogens is 208 g/mol. The van der Waals surface area contributed by atoms with Crippen LogP contribution in [0.15, 0.2) is 0 Å². The third-order valence-electron chi connectivity index (χ3n) is 4.71. The van der Waals surface area contributed by atoms with Crippen LogP contribution in [-0.4, -0.2) is 35.1 Å². The van der Waals surface area contributed by atoms with Crippen LogP contribution in [0, 0.1) is 5.92 Å². The maximum Gasteiger partial charge on any atom is 0.0173 e. The lowest BCUT2D eigenvalue weighted by molar-refractivity contribution is -0.0225. The van der Waals surface area contributed by atoms with Crippen molar-refractivity contribution in [1.29, 1.82) is 0 Å². The van der Waals surface area contributed by atoms with Crippen LogP contribution in [0.4, 0.5) is 0 Å². The monoisotopic (exact) mass is 238 g/mol. The predicted molar refractivity (Wildman–Crippen MR) is 74.3 cm³/mol. The fourth-order valence-corrected chi connectivity index (χ4v) is 4.34. The lowest BCUT2D eigenvalue weighted by Gasteiger charge is -2.57. The SMILES string of the molecule is CCCN1CCCC2C1CC(C)(C)NC2(C)C. The molecular formula is C15H30N2. The number of fused-ring (bicyclic) bond motifs is 1. The summed E-state index contributed by atoms with van der Waals surface area (Å²) in [4.78, 5) is 2.76. The molecule has 2 atom stereocenters. The molecule has 0 saturated carbocycles. The average Bonchev–Trinajstić information content (AvgIpc) is 2.17. The maximum atomic E-state index is 3.87. The molecule has 0 aromatic heterocycles. The molecule has 2 aliphatic rings. The first-order chi connectivity index (χ1) is 7.86. The summed E-state index contributed by atoms with van der Waals surface area (Å²) in [5, 5.41) is 3.87. The minimum atomic E-state index is 0.286. The van der Waals surface area contributed by atoms with Crippen molar-refractivity contribution in [2.24, 2.45) is 5.92 Å². The van der Waals surface area contributed by atoms with Gasteiger partial charge in [0.25, 0.3) is 0 Å². The Balaban J connectivity index is 2.20. The fourth-order valence-electron chi connectivity index (χ4n) is 4.34. The summed E-state index contributed by atoms with van der Waals surface area (Å²) in [6.45, 7) is 14.4. The van der Waals surface area contributed by atoms with Crippen LogP contribution >= 0.6 is 0 Å². The number of piperidine rings is 2. The molecule has 1 N–H and O–H groups in total. The topological polar surface area (TPSA) is 15.3 Å².